The Morgan fingerprint density at radius 3 is 2.56 bits per heavy atom. The van der Waals surface area contributed by atoms with E-state index in [0.717, 1.165) is 12.2 Å². The fraction of sp³-hybridized carbons (Fsp3) is 0.600. The second-order valence-electron chi connectivity index (χ2n) is 4.64. The third-order valence-electron chi connectivity index (χ3n) is 2.90. The van der Waals surface area contributed by atoms with Crippen molar-refractivity contribution in [3.05, 3.63) is 29.8 Å². The molecule has 1 unspecified atom stereocenters. The van der Waals surface area contributed by atoms with E-state index in [2.05, 4.69) is 19.9 Å². The number of benzene rings is 1. The molecule has 102 valence electrons. The molecule has 0 aliphatic heterocycles. The Morgan fingerprint density at radius 1 is 1.22 bits per heavy atom. The van der Waals surface area contributed by atoms with Gasteiger partial charge in [0.05, 0.1) is 12.7 Å². The zero-order valence-electron chi connectivity index (χ0n) is 11.7. The predicted molar refractivity (Wildman–Crippen MR) is 75.1 cm³/mol. The molecule has 18 heavy (non-hydrogen) atoms. The van der Waals surface area contributed by atoms with Crippen LogP contribution in [0.2, 0.25) is 0 Å². The van der Waals surface area contributed by atoms with E-state index in [1.165, 1.54) is 5.56 Å². The van der Waals surface area contributed by atoms with Gasteiger partial charge in [0.1, 0.15) is 5.75 Å². The summed E-state index contributed by atoms with van der Waals surface area (Å²) in [5, 5.41) is 0. The van der Waals surface area contributed by atoms with E-state index in [4.69, 9.17) is 15.2 Å². The highest BCUT2D eigenvalue weighted by molar-refractivity contribution is 5.35. The summed E-state index contributed by atoms with van der Waals surface area (Å²) >= 11 is 0. The molecule has 0 amide bonds. The van der Waals surface area contributed by atoms with Gasteiger partial charge in [-0.1, -0.05) is 32.0 Å². The van der Waals surface area contributed by atoms with Crippen LogP contribution in [0, 0.1) is 0 Å². The maximum absolute atomic E-state index is 5.84. The second kappa shape index (κ2) is 8.11. The van der Waals surface area contributed by atoms with Gasteiger partial charge in [0, 0.05) is 19.6 Å². The summed E-state index contributed by atoms with van der Waals surface area (Å²) in [5.74, 6) is 1.44. The van der Waals surface area contributed by atoms with E-state index in [0.29, 0.717) is 25.7 Å². The molecule has 0 aliphatic carbocycles. The second-order valence-corrected chi connectivity index (χ2v) is 4.64. The number of nitrogens with two attached hydrogens (primary N) is 1. The van der Waals surface area contributed by atoms with E-state index in [1.54, 1.807) is 0 Å². The summed E-state index contributed by atoms with van der Waals surface area (Å²) in [6.07, 6.45) is 0.928. The Kier molecular flexibility index (Phi) is 6.76. The highest BCUT2D eigenvalue weighted by Gasteiger charge is 2.09. The van der Waals surface area contributed by atoms with Crippen molar-refractivity contribution in [1.29, 1.82) is 0 Å². The van der Waals surface area contributed by atoms with Gasteiger partial charge in [-0.2, -0.15) is 0 Å². The lowest BCUT2D eigenvalue weighted by Gasteiger charge is -2.17. The molecule has 1 atom stereocenters. The lowest BCUT2D eigenvalue weighted by atomic mass is 10.0. The quantitative estimate of drug-likeness (QED) is 0.772. The molecule has 1 aromatic carbocycles. The van der Waals surface area contributed by atoms with Crippen LogP contribution in [0.25, 0.3) is 0 Å². The topological polar surface area (TPSA) is 44.5 Å². The van der Waals surface area contributed by atoms with Crippen molar-refractivity contribution in [2.24, 2.45) is 5.73 Å². The SMILES string of the molecule is CCOC(CN)CCOc1ccccc1C(C)C. The number of rotatable bonds is 8. The predicted octanol–water partition coefficient (Wildman–Crippen LogP) is 2.94. The molecule has 0 spiro atoms. The molecule has 1 aromatic rings. The first-order chi connectivity index (χ1) is 8.69. The fourth-order valence-corrected chi connectivity index (χ4v) is 1.89. The summed E-state index contributed by atoms with van der Waals surface area (Å²) in [6, 6.07) is 8.19. The fourth-order valence-electron chi connectivity index (χ4n) is 1.89. The van der Waals surface area contributed by atoms with E-state index in [9.17, 15) is 0 Å². The summed E-state index contributed by atoms with van der Waals surface area (Å²) in [4.78, 5) is 0. The Balaban J connectivity index is 2.48. The molecule has 0 fully saturated rings. The monoisotopic (exact) mass is 251 g/mol. The molecule has 0 saturated carbocycles. The van der Waals surface area contributed by atoms with Crippen molar-refractivity contribution in [3.8, 4) is 5.75 Å². The smallest absolute Gasteiger partial charge is 0.122 e. The zero-order valence-corrected chi connectivity index (χ0v) is 11.7. The molecule has 3 nitrogen and oxygen atoms in total. The van der Waals surface area contributed by atoms with Crippen LogP contribution >= 0.6 is 0 Å². The van der Waals surface area contributed by atoms with Gasteiger partial charge in [-0.25, -0.2) is 0 Å². The van der Waals surface area contributed by atoms with Gasteiger partial charge in [0.15, 0.2) is 0 Å². The van der Waals surface area contributed by atoms with Crippen molar-refractivity contribution >= 4 is 0 Å². The van der Waals surface area contributed by atoms with Crippen molar-refractivity contribution in [2.75, 3.05) is 19.8 Å². The molecule has 0 aromatic heterocycles. The molecule has 0 heterocycles. The molecule has 2 N–H and O–H groups in total. The number of para-hydroxylation sites is 1. The summed E-state index contributed by atoms with van der Waals surface area (Å²) < 4.78 is 11.3. The van der Waals surface area contributed by atoms with Crippen LogP contribution < -0.4 is 10.5 Å². The molecular formula is C15H25NO2. The molecular weight excluding hydrogens is 226 g/mol. The Morgan fingerprint density at radius 2 is 1.94 bits per heavy atom. The van der Waals surface area contributed by atoms with Crippen LogP contribution in [0.1, 0.15) is 38.7 Å². The minimum Gasteiger partial charge on any atom is -0.493 e. The van der Waals surface area contributed by atoms with Crippen LogP contribution in [-0.4, -0.2) is 25.9 Å². The van der Waals surface area contributed by atoms with Crippen molar-refractivity contribution in [1.82, 2.24) is 0 Å². The van der Waals surface area contributed by atoms with Gasteiger partial charge in [-0.15, -0.1) is 0 Å². The zero-order chi connectivity index (χ0) is 13.4. The van der Waals surface area contributed by atoms with Crippen molar-refractivity contribution in [3.63, 3.8) is 0 Å². The van der Waals surface area contributed by atoms with Gasteiger partial charge in [0.25, 0.3) is 0 Å². The average Bonchev–Trinajstić information content (AvgIpc) is 2.38. The van der Waals surface area contributed by atoms with Crippen LogP contribution in [0.5, 0.6) is 5.75 Å². The minimum absolute atomic E-state index is 0.0983. The molecule has 0 saturated heterocycles. The largest absolute Gasteiger partial charge is 0.493 e. The van der Waals surface area contributed by atoms with E-state index in [-0.39, 0.29) is 6.10 Å². The first kappa shape index (κ1) is 15.0. The van der Waals surface area contributed by atoms with Gasteiger partial charge >= 0.3 is 0 Å². The minimum atomic E-state index is 0.0983. The summed E-state index contributed by atoms with van der Waals surface area (Å²) in [6.45, 7) is 8.22. The standard InChI is InChI=1S/C15H25NO2/c1-4-17-13(11-16)9-10-18-15-8-6-5-7-14(15)12(2)3/h5-8,12-13H,4,9-11,16H2,1-3H3. The summed E-state index contributed by atoms with van der Waals surface area (Å²) in [7, 11) is 0. The maximum Gasteiger partial charge on any atom is 0.122 e. The average molecular weight is 251 g/mol. The van der Waals surface area contributed by atoms with Crippen LogP contribution in [-0.2, 0) is 4.74 Å². The van der Waals surface area contributed by atoms with Gasteiger partial charge in [0.2, 0.25) is 0 Å². The Hall–Kier alpha value is -1.06. The number of hydrogen-bond donors (Lipinski definition) is 1. The Labute approximate surface area is 110 Å². The molecule has 3 heteroatoms. The van der Waals surface area contributed by atoms with Crippen molar-refractivity contribution in [2.45, 2.75) is 39.2 Å². The van der Waals surface area contributed by atoms with Crippen LogP contribution in [0.15, 0.2) is 24.3 Å². The van der Waals surface area contributed by atoms with Crippen molar-refractivity contribution < 1.29 is 9.47 Å². The van der Waals surface area contributed by atoms with Gasteiger partial charge < -0.3 is 15.2 Å². The first-order valence-corrected chi connectivity index (χ1v) is 6.72. The first-order valence-electron chi connectivity index (χ1n) is 6.72. The lowest BCUT2D eigenvalue weighted by Crippen LogP contribution is -2.25. The molecule has 0 radical (unpaired) electrons. The molecule has 0 aliphatic rings. The number of ether oxygens (including phenoxy) is 2. The third kappa shape index (κ3) is 4.67. The normalized spacial score (nSPS) is 12.7. The van der Waals surface area contributed by atoms with E-state index >= 15 is 0 Å². The van der Waals surface area contributed by atoms with Gasteiger partial charge in [-0.05, 0) is 24.5 Å². The Bertz CT molecular complexity index is 339. The third-order valence-corrected chi connectivity index (χ3v) is 2.90. The molecule has 0 bridgehead atoms. The maximum atomic E-state index is 5.84. The van der Waals surface area contributed by atoms with E-state index < -0.39 is 0 Å². The van der Waals surface area contributed by atoms with E-state index in [1.807, 2.05) is 25.1 Å². The molecule has 1 rings (SSSR count). The number of hydrogen-bond acceptors (Lipinski definition) is 3. The van der Waals surface area contributed by atoms with Crippen LogP contribution in [0.3, 0.4) is 0 Å². The summed E-state index contributed by atoms with van der Waals surface area (Å²) in [5.41, 5.74) is 6.88. The highest BCUT2D eigenvalue weighted by atomic mass is 16.5. The highest BCUT2D eigenvalue weighted by Crippen LogP contribution is 2.25. The lowest BCUT2D eigenvalue weighted by molar-refractivity contribution is 0.0526. The van der Waals surface area contributed by atoms with Gasteiger partial charge in [-0.3, -0.25) is 0 Å². The van der Waals surface area contributed by atoms with Crippen LogP contribution in [0.4, 0.5) is 0 Å².